The van der Waals surface area contributed by atoms with Gasteiger partial charge in [0.15, 0.2) is 0 Å². The van der Waals surface area contributed by atoms with Crippen molar-refractivity contribution in [2.45, 2.75) is 33.4 Å². The van der Waals surface area contributed by atoms with Crippen LogP contribution in [0.4, 0.5) is 0 Å². The van der Waals surface area contributed by atoms with Crippen LogP contribution in [-0.2, 0) is 6.54 Å². The first-order valence-corrected chi connectivity index (χ1v) is 6.93. The molecule has 3 heteroatoms. The molecule has 2 aromatic rings. The molecule has 0 spiro atoms. The maximum Gasteiger partial charge on any atom is 0.212 e. The average Bonchev–Trinajstić information content (AvgIpc) is 2.46. The number of nitrogens with zero attached hydrogens (tertiary/aromatic N) is 1. The van der Waals surface area contributed by atoms with Gasteiger partial charge in [-0.15, -0.1) is 0 Å². The van der Waals surface area contributed by atoms with Gasteiger partial charge in [-0.3, -0.25) is 0 Å². The Kier molecular flexibility index (Phi) is 4.74. The topological polar surface area (TPSA) is 34.1 Å². The lowest BCUT2D eigenvalue weighted by molar-refractivity contribution is 0.398. The highest BCUT2D eigenvalue weighted by molar-refractivity contribution is 5.67. The van der Waals surface area contributed by atoms with Crippen LogP contribution in [0.2, 0.25) is 0 Å². The number of rotatable bonds is 5. The van der Waals surface area contributed by atoms with Crippen molar-refractivity contribution in [2.24, 2.45) is 0 Å². The van der Waals surface area contributed by atoms with E-state index in [2.05, 4.69) is 49.3 Å². The number of hydrogen-bond acceptors (Lipinski definition) is 3. The van der Waals surface area contributed by atoms with Gasteiger partial charge in [-0.25, -0.2) is 4.98 Å². The van der Waals surface area contributed by atoms with Crippen LogP contribution in [0.5, 0.6) is 5.88 Å². The molecule has 0 bridgehead atoms. The van der Waals surface area contributed by atoms with Gasteiger partial charge in [-0.2, -0.15) is 0 Å². The summed E-state index contributed by atoms with van der Waals surface area (Å²) >= 11 is 0. The molecule has 1 heterocycles. The summed E-state index contributed by atoms with van der Waals surface area (Å²) in [5.74, 6) is 0.643. The molecule has 1 aromatic heterocycles. The van der Waals surface area contributed by atoms with Gasteiger partial charge in [0.05, 0.1) is 7.11 Å². The molecular formula is C17H22N2O. The summed E-state index contributed by atoms with van der Waals surface area (Å²) in [7, 11) is 1.63. The van der Waals surface area contributed by atoms with Gasteiger partial charge in [0.1, 0.15) is 0 Å². The molecule has 0 atom stereocenters. The van der Waals surface area contributed by atoms with Crippen LogP contribution < -0.4 is 10.1 Å². The van der Waals surface area contributed by atoms with Crippen molar-refractivity contribution in [3.63, 3.8) is 0 Å². The number of benzene rings is 1. The van der Waals surface area contributed by atoms with Crippen LogP contribution in [0.3, 0.4) is 0 Å². The number of ether oxygens (including phenoxy) is 1. The minimum atomic E-state index is 0.488. The summed E-state index contributed by atoms with van der Waals surface area (Å²) in [6, 6.07) is 11.0. The normalized spacial score (nSPS) is 10.8. The zero-order chi connectivity index (χ0) is 14.5. The third kappa shape index (κ3) is 3.58. The van der Waals surface area contributed by atoms with Crippen LogP contribution >= 0.6 is 0 Å². The van der Waals surface area contributed by atoms with Crippen LogP contribution in [-0.4, -0.2) is 18.1 Å². The highest BCUT2D eigenvalue weighted by Crippen LogP contribution is 2.25. The molecule has 0 saturated carbocycles. The molecule has 0 fully saturated rings. The molecule has 0 unspecified atom stereocenters. The minimum Gasteiger partial charge on any atom is -0.481 e. The number of nitrogens with one attached hydrogen (secondary N) is 1. The van der Waals surface area contributed by atoms with E-state index in [9.17, 15) is 0 Å². The summed E-state index contributed by atoms with van der Waals surface area (Å²) in [4.78, 5) is 4.28. The highest BCUT2D eigenvalue weighted by Gasteiger charge is 2.05. The van der Waals surface area contributed by atoms with Crippen molar-refractivity contribution in [3.05, 3.63) is 47.7 Å². The van der Waals surface area contributed by atoms with Gasteiger partial charge in [0, 0.05) is 30.4 Å². The molecule has 1 aromatic carbocycles. The second kappa shape index (κ2) is 6.53. The Bertz CT molecular complexity index is 562. The molecule has 106 valence electrons. The fourth-order valence-corrected chi connectivity index (χ4v) is 2.07. The SMILES string of the molecule is COc1ccc(-c2cc(CNC(C)C)ccc2C)cn1. The second-order valence-corrected chi connectivity index (χ2v) is 5.27. The average molecular weight is 270 g/mol. The Labute approximate surface area is 121 Å². The van der Waals surface area contributed by atoms with E-state index in [1.807, 2.05) is 18.3 Å². The first-order valence-electron chi connectivity index (χ1n) is 6.93. The molecule has 2 rings (SSSR count). The number of aromatic nitrogens is 1. The monoisotopic (exact) mass is 270 g/mol. The van der Waals surface area contributed by atoms with Crippen molar-refractivity contribution in [2.75, 3.05) is 7.11 Å². The minimum absolute atomic E-state index is 0.488. The van der Waals surface area contributed by atoms with Crippen LogP contribution in [0, 0.1) is 6.92 Å². The molecule has 0 saturated heterocycles. The smallest absolute Gasteiger partial charge is 0.212 e. The van der Waals surface area contributed by atoms with Crippen LogP contribution in [0.1, 0.15) is 25.0 Å². The zero-order valence-corrected chi connectivity index (χ0v) is 12.6. The molecule has 1 N–H and O–H groups in total. The summed E-state index contributed by atoms with van der Waals surface area (Å²) in [6.45, 7) is 7.32. The van der Waals surface area contributed by atoms with E-state index in [1.54, 1.807) is 7.11 Å². The Morgan fingerprint density at radius 1 is 1.20 bits per heavy atom. The van der Waals surface area contributed by atoms with Gasteiger partial charge in [0.2, 0.25) is 5.88 Å². The standard InChI is InChI=1S/C17H22N2O/c1-12(2)18-10-14-6-5-13(3)16(9-14)15-7-8-17(20-4)19-11-15/h5-9,11-12,18H,10H2,1-4H3. The summed E-state index contributed by atoms with van der Waals surface area (Å²) in [5.41, 5.74) is 4.89. The molecule has 0 aliphatic rings. The van der Waals surface area contributed by atoms with Gasteiger partial charge in [0.25, 0.3) is 0 Å². The number of hydrogen-bond donors (Lipinski definition) is 1. The molecule has 0 radical (unpaired) electrons. The zero-order valence-electron chi connectivity index (χ0n) is 12.6. The van der Waals surface area contributed by atoms with Gasteiger partial charge < -0.3 is 10.1 Å². The van der Waals surface area contributed by atoms with Crippen molar-refractivity contribution in [1.82, 2.24) is 10.3 Å². The summed E-state index contributed by atoms with van der Waals surface area (Å²) in [6.07, 6.45) is 1.86. The van der Waals surface area contributed by atoms with Crippen LogP contribution in [0.25, 0.3) is 11.1 Å². The van der Waals surface area contributed by atoms with E-state index in [0.717, 1.165) is 12.1 Å². The Morgan fingerprint density at radius 3 is 2.60 bits per heavy atom. The third-order valence-corrected chi connectivity index (χ3v) is 3.27. The largest absolute Gasteiger partial charge is 0.481 e. The third-order valence-electron chi connectivity index (χ3n) is 3.27. The second-order valence-electron chi connectivity index (χ2n) is 5.27. The van der Waals surface area contributed by atoms with Crippen molar-refractivity contribution >= 4 is 0 Å². The number of pyridine rings is 1. The molecule has 0 aliphatic heterocycles. The fourth-order valence-electron chi connectivity index (χ4n) is 2.07. The van der Waals surface area contributed by atoms with Crippen molar-refractivity contribution < 1.29 is 4.74 Å². The fraction of sp³-hybridized carbons (Fsp3) is 0.353. The van der Waals surface area contributed by atoms with Crippen molar-refractivity contribution in [3.8, 4) is 17.0 Å². The van der Waals surface area contributed by atoms with Gasteiger partial charge in [-0.1, -0.05) is 26.0 Å². The summed E-state index contributed by atoms with van der Waals surface area (Å²) < 4.78 is 5.10. The number of methoxy groups -OCH3 is 1. The van der Waals surface area contributed by atoms with E-state index in [0.29, 0.717) is 11.9 Å². The predicted octanol–water partition coefficient (Wildman–Crippen LogP) is 3.56. The predicted molar refractivity (Wildman–Crippen MR) is 82.9 cm³/mol. The highest BCUT2D eigenvalue weighted by atomic mass is 16.5. The van der Waals surface area contributed by atoms with E-state index < -0.39 is 0 Å². The molecule has 0 amide bonds. The Hall–Kier alpha value is -1.87. The maximum atomic E-state index is 5.10. The molecule has 3 nitrogen and oxygen atoms in total. The Morgan fingerprint density at radius 2 is 2.00 bits per heavy atom. The quantitative estimate of drug-likeness (QED) is 0.902. The molecular weight excluding hydrogens is 248 g/mol. The van der Waals surface area contributed by atoms with Gasteiger partial charge in [-0.05, 0) is 35.7 Å². The van der Waals surface area contributed by atoms with Crippen molar-refractivity contribution in [1.29, 1.82) is 0 Å². The molecule has 0 aliphatic carbocycles. The van der Waals surface area contributed by atoms with E-state index in [-0.39, 0.29) is 0 Å². The first-order chi connectivity index (χ1) is 9.60. The van der Waals surface area contributed by atoms with Crippen LogP contribution in [0.15, 0.2) is 36.5 Å². The Balaban J connectivity index is 2.27. The lowest BCUT2D eigenvalue weighted by Crippen LogP contribution is -2.21. The van der Waals surface area contributed by atoms with E-state index in [1.165, 1.54) is 16.7 Å². The number of aryl methyl sites for hydroxylation is 1. The van der Waals surface area contributed by atoms with E-state index in [4.69, 9.17) is 4.74 Å². The maximum absolute atomic E-state index is 5.10. The molecule has 20 heavy (non-hydrogen) atoms. The van der Waals surface area contributed by atoms with Gasteiger partial charge >= 0.3 is 0 Å². The lowest BCUT2D eigenvalue weighted by Gasteiger charge is -2.12. The summed E-state index contributed by atoms with van der Waals surface area (Å²) in [5, 5.41) is 3.44. The lowest BCUT2D eigenvalue weighted by atomic mass is 9.99. The van der Waals surface area contributed by atoms with E-state index >= 15 is 0 Å². The first kappa shape index (κ1) is 14.5.